The molecule has 1 heterocycles. The van der Waals surface area contributed by atoms with Crippen LogP contribution in [-0.4, -0.2) is 56.7 Å². The Hall–Kier alpha value is -1.75. The third kappa shape index (κ3) is 3.88. The van der Waals surface area contributed by atoms with Crippen molar-refractivity contribution in [3.8, 4) is 5.75 Å². The normalized spacial score (nSPS) is 17.4. The zero-order valence-electron chi connectivity index (χ0n) is 13.1. The van der Waals surface area contributed by atoms with Crippen molar-refractivity contribution in [1.29, 1.82) is 0 Å². The molecule has 1 aliphatic rings. The highest BCUT2D eigenvalue weighted by atomic mass is 16.5. The van der Waals surface area contributed by atoms with E-state index in [0.717, 1.165) is 31.9 Å². The first-order chi connectivity index (χ1) is 10.2. The van der Waals surface area contributed by atoms with Crippen molar-refractivity contribution in [3.05, 3.63) is 24.3 Å². The summed E-state index contributed by atoms with van der Waals surface area (Å²) in [5, 5.41) is 2.89. The van der Waals surface area contributed by atoms with E-state index in [2.05, 4.69) is 27.2 Å². The van der Waals surface area contributed by atoms with Crippen LogP contribution in [0, 0.1) is 0 Å². The molecule has 1 atom stereocenters. The molecule has 0 unspecified atom stereocenters. The molecule has 1 amide bonds. The molecular formula is C16H25N3O2. The van der Waals surface area contributed by atoms with Crippen LogP contribution in [0.2, 0.25) is 0 Å². The second kappa shape index (κ2) is 7.31. The molecule has 1 N–H and O–H groups in total. The molecule has 21 heavy (non-hydrogen) atoms. The molecule has 0 bridgehead atoms. The Morgan fingerprint density at radius 1 is 1.24 bits per heavy atom. The Morgan fingerprint density at radius 2 is 1.86 bits per heavy atom. The minimum Gasteiger partial charge on any atom is -0.497 e. The summed E-state index contributed by atoms with van der Waals surface area (Å²) in [7, 11) is 1.68. The van der Waals surface area contributed by atoms with Crippen molar-refractivity contribution in [3.63, 3.8) is 0 Å². The van der Waals surface area contributed by atoms with Crippen molar-refractivity contribution < 1.29 is 9.53 Å². The average molecular weight is 291 g/mol. The van der Waals surface area contributed by atoms with E-state index in [1.165, 1.54) is 5.69 Å². The number of likely N-dealkylation sites (N-methyl/N-ethyl adjacent to an activating group) is 1. The molecule has 1 aromatic carbocycles. The van der Waals surface area contributed by atoms with Crippen molar-refractivity contribution in [2.75, 3.05) is 44.7 Å². The van der Waals surface area contributed by atoms with E-state index in [1.54, 1.807) is 7.11 Å². The van der Waals surface area contributed by atoms with Crippen LogP contribution in [0.5, 0.6) is 5.75 Å². The first-order valence-electron chi connectivity index (χ1n) is 7.56. The minimum atomic E-state index is -0.0528. The number of carbonyl (C=O) groups excluding carboxylic acids is 1. The molecule has 1 aromatic rings. The predicted octanol–water partition coefficient (Wildman–Crippen LogP) is 1.34. The van der Waals surface area contributed by atoms with Crippen molar-refractivity contribution in [1.82, 2.24) is 10.2 Å². The Morgan fingerprint density at radius 3 is 2.38 bits per heavy atom. The topological polar surface area (TPSA) is 44.8 Å². The van der Waals surface area contributed by atoms with E-state index in [1.807, 2.05) is 26.0 Å². The number of ether oxygens (including phenoxy) is 1. The Bertz CT molecular complexity index is 453. The first kappa shape index (κ1) is 15.6. The number of piperazine rings is 1. The smallest absolute Gasteiger partial charge is 0.237 e. The van der Waals surface area contributed by atoms with Gasteiger partial charge in [-0.05, 0) is 38.1 Å². The Balaban J connectivity index is 1.88. The number of hydrogen-bond acceptors (Lipinski definition) is 4. The summed E-state index contributed by atoms with van der Waals surface area (Å²) in [6.07, 6.45) is 0. The molecule has 0 aromatic heterocycles. The van der Waals surface area contributed by atoms with E-state index in [0.29, 0.717) is 6.54 Å². The fraction of sp³-hybridized carbons (Fsp3) is 0.562. The summed E-state index contributed by atoms with van der Waals surface area (Å²) >= 11 is 0. The van der Waals surface area contributed by atoms with Crippen molar-refractivity contribution in [2.45, 2.75) is 19.9 Å². The standard InChI is InChI=1S/C16H25N3O2/c1-4-17-16(20)13(2)18-9-11-19(12-10-18)14-5-7-15(21-3)8-6-14/h5-8,13H,4,9-12H2,1-3H3,(H,17,20)/t13-/m1/s1. The lowest BCUT2D eigenvalue weighted by Gasteiger charge is -2.38. The van der Waals surface area contributed by atoms with Gasteiger partial charge in [0, 0.05) is 38.4 Å². The largest absolute Gasteiger partial charge is 0.497 e. The van der Waals surface area contributed by atoms with Crippen LogP contribution >= 0.6 is 0 Å². The zero-order chi connectivity index (χ0) is 15.2. The maximum Gasteiger partial charge on any atom is 0.237 e. The van der Waals surface area contributed by atoms with E-state index in [9.17, 15) is 4.79 Å². The van der Waals surface area contributed by atoms with Gasteiger partial charge in [-0.15, -0.1) is 0 Å². The number of amides is 1. The van der Waals surface area contributed by atoms with Gasteiger partial charge in [-0.1, -0.05) is 0 Å². The minimum absolute atomic E-state index is 0.0528. The lowest BCUT2D eigenvalue weighted by molar-refractivity contribution is -0.125. The van der Waals surface area contributed by atoms with Gasteiger partial charge in [-0.2, -0.15) is 0 Å². The fourth-order valence-electron chi connectivity index (χ4n) is 2.65. The van der Waals surface area contributed by atoms with Crippen LogP contribution in [0.15, 0.2) is 24.3 Å². The number of methoxy groups -OCH3 is 1. The number of benzene rings is 1. The molecule has 1 fully saturated rings. The maximum absolute atomic E-state index is 11.9. The Labute approximate surface area is 126 Å². The van der Waals surface area contributed by atoms with Crippen LogP contribution < -0.4 is 15.0 Å². The molecule has 2 rings (SSSR count). The second-order valence-electron chi connectivity index (χ2n) is 5.29. The molecule has 116 valence electrons. The number of hydrogen-bond donors (Lipinski definition) is 1. The van der Waals surface area contributed by atoms with Crippen LogP contribution in [0.1, 0.15) is 13.8 Å². The van der Waals surface area contributed by atoms with E-state index < -0.39 is 0 Å². The monoisotopic (exact) mass is 291 g/mol. The first-order valence-corrected chi connectivity index (χ1v) is 7.56. The summed E-state index contributed by atoms with van der Waals surface area (Å²) in [5.41, 5.74) is 1.21. The molecule has 0 aliphatic carbocycles. The lowest BCUT2D eigenvalue weighted by Crippen LogP contribution is -2.54. The molecular weight excluding hydrogens is 266 g/mol. The predicted molar refractivity (Wildman–Crippen MR) is 84.9 cm³/mol. The molecule has 0 saturated carbocycles. The molecule has 0 radical (unpaired) electrons. The van der Waals surface area contributed by atoms with Crippen molar-refractivity contribution >= 4 is 11.6 Å². The number of nitrogens with zero attached hydrogens (tertiary/aromatic N) is 2. The third-order valence-electron chi connectivity index (χ3n) is 4.03. The SMILES string of the molecule is CCNC(=O)[C@@H](C)N1CCN(c2ccc(OC)cc2)CC1. The fourth-order valence-corrected chi connectivity index (χ4v) is 2.65. The number of nitrogens with one attached hydrogen (secondary N) is 1. The highest BCUT2D eigenvalue weighted by Crippen LogP contribution is 2.20. The molecule has 1 aliphatic heterocycles. The van der Waals surface area contributed by atoms with Gasteiger partial charge in [0.15, 0.2) is 0 Å². The summed E-state index contributed by atoms with van der Waals surface area (Å²) in [6, 6.07) is 8.09. The van der Waals surface area contributed by atoms with Gasteiger partial charge in [0.2, 0.25) is 5.91 Å². The average Bonchev–Trinajstić information content (AvgIpc) is 2.54. The van der Waals surface area contributed by atoms with Crippen molar-refractivity contribution in [2.24, 2.45) is 0 Å². The van der Waals surface area contributed by atoms with Crippen LogP contribution in [0.25, 0.3) is 0 Å². The molecule has 5 nitrogen and oxygen atoms in total. The number of anilines is 1. The second-order valence-corrected chi connectivity index (χ2v) is 5.29. The van der Waals surface area contributed by atoms with E-state index in [-0.39, 0.29) is 11.9 Å². The molecule has 5 heteroatoms. The summed E-state index contributed by atoms with van der Waals surface area (Å²) in [4.78, 5) is 16.5. The number of carbonyl (C=O) groups is 1. The van der Waals surface area contributed by atoms with Gasteiger partial charge in [0.05, 0.1) is 13.2 Å². The van der Waals surface area contributed by atoms with Crippen LogP contribution in [-0.2, 0) is 4.79 Å². The van der Waals surface area contributed by atoms with Gasteiger partial charge in [0.25, 0.3) is 0 Å². The van der Waals surface area contributed by atoms with E-state index >= 15 is 0 Å². The van der Waals surface area contributed by atoms with Gasteiger partial charge in [0.1, 0.15) is 5.75 Å². The highest BCUT2D eigenvalue weighted by molar-refractivity contribution is 5.81. The van der Waals surface area contributed by atoms with Gasteiger partial charge >= 0.3 is 0 Å². The van der Waals surface area contributed by atoms with Crippen LogP contribution in [0.3, 0.4) is 0 Å². The Kier molecular flexibility index (Phi) is 5.44. The third-order valence-corrected chi connectivity index (χ3v) is 4.03. The van der Waals surface area contributed by atoms with Gasteiger partial charge < -0.3 is 15.0 Å². The lowest BCUT2D eigenvalue weighted by atomic mass is 10.2. The quantitative estimate of drug-likeness (QED) is 0.889. The molecule has 0 spiro atoms. The highest BCUT2D eigenvalue weighted by Gasteiger charge is 2.25. The summed E-state index contributed by atoms with van der Waals surface area (Å²) in [6.45, 7) is 8.32. The number of rotatable bonds is 5. The zero-order valence-corrected chi connectivity index (χ0v) is 13.1. The maximum atomic E-state index is 11.9. The summed E-state index contributed by atoms with van der Waals surface area (Å²) in [5.74, 6) is 0.998. The van der Waals surface area contributed by atoms with Crippen LogP contribution in [0.4, 0.5) is 5.69 Å². The van der Waals surface area contributed by atoms with E-state index in [4.69, 9.17) is 4.74 Å². The van der Waals surface area contributed by atoms with Gasteiger partial charge in [-0.3, -0.25) is 9.69 Å². The molecule has 1 saturated heterocycles. The van der Waals surface area contributed by atoms with Gasteiger partial charge in [-0.25, -0.2) is 0 Å². The summed E-state index contributed by atoms with van der Waals surface area (Å²) < 4.78 is 5.18.